The van der Waals surface area contributed by atoms with Gasteiger partial charge in [-0.15, -0.1) is 0 Å². The standard InChI is InChI=1S/C15H15ClFN3O2S/c16-10-2-1-3-12(6-10)20-8-13(9-21)23-15(20)18-14(22)19-5-4-11(17)7-19/h1-3,6,8,11,21H,4-5,7,9H2/b18-15-. The normalized spacial score (nSPS) is 18.7. The number of aliphatic hydroxyl groups excluding tert-OH is 1. The summed E-state index contributed by atoms with van der Waals surface area (Å²) in [4.78, 5) is 18.8. The van der Waals surface area contributed by atoms with Crippen LogP contribution in [0.15, 0.2) is 35.5 Å². The van der Waals surface area contributed by atoms with Crippen LogP contribution in [0.1, 0.15) is 11.3 Å². The number of nitrogens with zero attached hydrogens (tertiary/aromatic N) is 3. The van der Waals surface area contributed by atoms with Crippen molar-refractivity contribution in [1.29, 1.82) is 0 Å². The minimum absolute atomic E-state index is 0.0811. The lowest BCUT2D eigenvalue weighted by Gasteiger charge is -2.10. The molecule has 1 unspecified atom stereocenters. The lowest BCUT2D eigenvalue weighted by atomic mass is 10.3. The third-order valence-electron chi connectivity index (χ3n) is 3.54. The van der Waals surface area contributed by atoms with E-state index in [1.807, 2.05) is 6.07 Å². The maximum atomic E-state index is 13.2. The number of carbonyl (C=O) groups excluding carboxylic acids is 1. The number of likely N-dealkylation sites (tertiary alicyclic amines) is 1. The maximum absolute atomic E-state index is 13.2. The zero-order valence-corrected chi connectivity index (χ0v) is 13.7. The van der Waals surface area contributed by atoms with Crippen molar-refractivity contribution in [2.24, 2.45) is 4.99 Å². The Labute approximate surface area is 141 Å². The van der Waals surface area contributed by atoms with Gasteiger partial charge < -0.3 is 10.0 Å². The van der Waals surface area contributed by atoms with Gasteiger partial charge >= 0.3 is 6.03 Å². The molecule has 2 amide bonds. The van der Waals surface area contributed by atoms with Crippen molar-refractivity contribution in [2.75, 3.05) is 13.1 Å². The number of urea groups is 1. The second-order valence-corrected chi connectivity index (χ2v) is 6.74. The van der Waals surface area contributed by atoms with E-state index in [4.69, 9.17) is 11.6 Å². The van der Waals surface area contributed by atoms with Gasteiger partial charge in [-0.1, -0.05) is 29.0 Å². The molecule has 1 aromatic heterocycles. The summed E-state index contributed by atoms with van der Waals surface area (Å²) in [6.45, 7) is 0.307. The average Bonchev–Trinajstić information content (AvgIpc) is 3.13. The molecule has 1 atom stereocenters. The van der Waals surface area contributed by atoms with Gasteiger partial charge in [-0.05, 0) is 24.6 Å². The fraction of sp³-hybridized carbons (Fsp3) is 0.333. The Bertz CT molecular complexity index is 789. The first-order chi connectivity index (χ1) is 11.1. The van der Waals surface area contributed by atoms with E-state index in [2.05, 4.69) is 4.99 Å². The molecule has 1 N–H and O–H groups in total. The van der Waals surface area contributed by atoms with Gasteiger partial charge in [0.05, 0.1) is 18.0 Å². The van der Waals surface area contributed by atoms with Crippen LogP contribution >= 0.6 is 22.9 Å². The number of aliphatic hydroxyl groups is 1. The second-order valence-electron chi connectivity index (χ2n) is 5.21. The predicted octanol–water partition coefficient (Wildman–Crippen LogP) is 2.75. The van der Waals surface area contributed by atoms with Crippen molar-refractivity contribution in [1.82, 2.24) is 9.47 Å². The molecule has 0 radical (unpaired) electrons. The summed E-state index contributed by atoms with van der Waals surface area (Å²) in [6.07, 6.45) is 1.08. The van der Waals surface area contributed by atoms with Crippen molar-refractivity contribution < 1.29 is 14.3 Å². The molecular formula is C15H15ClFN3O2S. The highest BCUT2D eigenvalue weighted by atomic mass is 35.5. The summed E-state index contributed by atoms with van der Waals surface area (Å²) >= 11 is 7.22. The highest BCUT2D eigenvalue weighted by Crippen LogP contribution is 2.17. The molecule has 0 spiro atoms. The summed E-state index contributed by atoms with van der Waals surface area (Å²) in [7, 11) is 0. The lowest BCUT2D eigenvalue weighted by molar-refractivity contribution is 0.213. The first-order valence-electron chi connectivity index (χ1n) is 7.12. The highest BCUT2D eigenvalue weighted by Gasteiger charge is 2.25. The minimum atomic E-state index is -0.981. The van der Waals surface area contributed by atoms with Gasteiger partial charge in [-0.25, -0.2) is 9.18 Å². The summed E-state index contributed by atoms with van der Waals surface area (Å²) in [5.41, 5.74) is 0.741. The first-order valence-corrected chi connectivity index (χ1v) is 8.32. The molecule has 1 aliphatic heterocycles. The largest absolute Gasteiger partial charge is 0.391 e. The summed E-state index contributed by atoms with van der Waals surface area (Å²) in [5.74, 6) is 0. The Balaban J connectivity index is 1.99. The summed E-state index contributed by atoms with van der Waals surface area (Å²) in [6, 6.07) is 6.65. The van der Waals surface area contributed by atoms with Crippen LogP contribution in [0.2, 0.25) is 5.02 Å². The van der Waals surface area contributed by atoms with E-state index in [9.17, 15) is 14.3 Å². The molecule has 2 aromatic rings. The number of hydrogen-bond donors (Lipinski definition) is 1. The molecule has 8 heteroatoms. The molecule has 0 bridgehead atoms. The second kappa shape index (κ2) is 6.82. The van der Waals surface area contributed by atoms with Crippen LogP contribution < -0.4 is 4.80 Å². The van der Waals surface area contributed by atoms with E-state index in [0.717, 1.165) is 5.69 Å². The predicted molar refractivity (Wildman–Crippen MR) is 86.6 cm³/mol. The number of rotatable bonds is 2. The van der Waals surface area contributed by atoms with E-state index < -0.39 is 12.2 Å². The summed E-state index contributed by atoms with van der Waals surface area (Å²) < 4.78 is 14.9. The fourth-order valence-electron chi connectivity index (χ4n) is 2.40. The quantitative estimate of drug-likeness (QED) is 0.900. The maximum Gasteiger partial charge on any atom is 0.346 e. The Morgan fingerprint density at radius 2 is 2.35 bits per heavy atom. The van der Waals surface area contributed by atoms with Gasteiger partial charge in [0.1, 0.15) is 6.17 Å². The number of thiazole rings is 1. The number of amides is 2. The van der Waals surface area contributed by atoms with Gasteiger partial charge in [0.25, 0.3) is 0 Å². The van der Waals surface area contributed by atoms with Gasteiger partial charge in [0.15, 0.2) is 4.80 Å². The van der Waals surface area contributed by atoms with Gasteiger partial charge in [-0.3, -0.25) is 4.57 Å². The number of alkyl halides is 1. The SMILES string of the molecule is O=C(/N=c1\sc(CO)cn1-c1cccc(Cl)c1)N1CCC(F)C1. The Hall–Kier alpha value is -1.70. The number of carbonyl (C=O) groups is 1. The van der Waals surface area contributed by atoms with E-state index >= 15 is 0 Å². The van der Waals surface area contributed by atoms with Crippen molar-refractivity contribution in [3.63, 3.8) is 0 Å². The molecular weight excluding hydrogens is 341 g/mol. The molecule has 1 aromatic carbocycles. The van der Waals surface area contributed by atoms with Crippen molar-refractivity contribution >= 4 is 29.0 Å². The average molecular weight is 356 g/mol. The van der Waals surface area contributed by atoms with Crippen LogP contribution in [0, 0.1) is 0 Å². The van der Waals surface area contributed by atoms with Crippen LogP contribution in [0.25, 0.3) is 5.69 Å². The molecule has 122 valence electrons. The van der Waals surface area contributed by atoms with Crippen molar-refractivity contribution in [2.45, 2.75) is 19.2 Å². The number of aromatic nitrogens is 1. The van der Waals surface area contributed by atoms with E-state index in [1.54, 1.807) is 29.0 Å². The molecule has 1 aliphatic rings. The van der Waals surface area contributed by atoms with Gasteiger partial charge in [0.2, 0.25) is 0 Å². The van der Waals surface area contributed by atoms with Gasteiger partial charge in [-0.2, -0.15) is 4.99 Å². The third kappa shape index (κ3) is 3.63. The molecule has 0 saturated carbocycles. The molecule has 1 saturated heterocycles. The molecule has 1 fully saturated rings. The Morgan fingerprint density at radius 3 is 3.00 bits per heavy atom. The van der Waals surface area contributed by atoms with Gasteiger partial charge in [0, 0.05) is 23.5 Å². The topological polar surface area (TPSA) is 57.8 Å². The number of hydrogen-bond acceptors (Lipinski definition) is 3. The Morgan fingerprint density at radius 1 is 1.52 bits per heavy atom. The van der Waals surface area contributed by atoms with Crippen LogP contribution in [-0.4, -0.2) is 39.9 Å². The minimum Gasteiger partial charge on any atom is -0.391 e. The van der Waals surface area contributed by atoms with Crippen molar-refractivity contribution in [3.8, 4) is 5.69 Å². The first kappa shape index (κ1) is 16.2. The highest BCUT2D eigenvalue weighted by molar-refractivity contribution is 7.09. The van der Waals surface area contributed by atoms with Crippen LogP contribution in [0.3, 0.4) is 0 Å². The van der Waals surface area contributed by atoms with Crippen molar-refractivity contribution in [3.05, 3.63) is 45.2 Å². The lowest BCUT2D eigenvalue weighted by Crippen LogP contribution is -2.28. The molecule has 23 heavy (non-hydrogen) atoms. The molecule has 2 heterocycles. The smallest absolute Gasteiger partial charge is 0.346 e. The molecule has 0 aliphatic carbocycles. The monoisotopic (exact) mass is 355 g/mol. The fourth-order valence-corrected chi connectivity index (χ4v) is 3.42. The number of benzene rings is 1. The summed E-state index contributed by atoms with van der Waals surface area (Å²) in [5, 5.41) is 9.90. The molecule has 3 rings (SSSR count). The zero-order valence-electron chi connectivity index (χ0n) is 12.2. The molecule has 5 nitrogen and oxygen atoms in total. The zero-order chi connectivity index (χ0) is 16.4. The van der Waals surface area contributed by atoms with Crippen LogP contribution in [0.4, 0.5) is 9.18 Å². The number of halogens is 2. The van der Waals surface area contributed by atoms with E-state index in [-0.39, 0.29) is 13.2 Å². The third-order valence-corrected chi connectivity index (χ3v) is 4.74. The Kier molecular flexibility index (Phi) is 4.79. The van der Waals surface area contributed by atoms with E-state index in [0.29, 0.717) is 27.7 Å². The van der Waals surface area contributed by atoms with Crippen LogP contribution in [-0.2, 0) is 6.61 Å². The van der Waals surface area contributed by atoms with E-state index in [1.165, 1.54) is 16.2 Å². The van der Waals surface area contributed by atoms with Crippen LogP contribution in [0.5, 0.6) is 0 Å².